The van der Waals surface area contributed by atoms with E-state index < -0.39 is 0 Å². The molecule has 0 radical (unpaired) electrons. The molecule has 2 rings (SSSR count). The number of hydrogen-bond donors (Lipinski definition) is 0. The number of fused-ring (bicyclic) bond motifs is 1. The Morgan fingerprint density at radius 1 is 1.18 bits per heavy atom. The van der Waals surface area contributed by atoms with Gasteiger partial charge in [-0.25, -0.2) is 0 Å². The fraction of sp³-hybridized carbons (Fsp3) is 0.800. The van der Waals surface area contributed by atoms with Gasteiger partial charge in [-0.2, -0.15) is 5.10 Å². The maximum absolute atomic E-state index is 4.60. The summed E-state index contributed by atoms with van der Waals surface area (Å²) < 4.78 is 2.22. The Hall–Kier alpha value is -0.790. The maximum Gasteiger partial charge on any atom is 0.0546 e. The number of hydrogen-bond acceptors (Lipinski definition) is 1. The zero-order valence-corrected chi connectivity index (χ0v) is 12.2. The molecule has 96 valence electrons. The van der Waals surface area contributed by atoms with Crippen molar-refractivity contribution in [2.75, 3.05) is 0 Å². The van der Waals surface area contributed by atoms with Crippen molar-refractivity contribution >= 4 is 0 Å². The van der Waals surface area contributed by atoms with Gasteiger partial charge in [0.15, 0.2) is 0 Å². The van der Waals surface area contributed by atoms with Gasteiger partial charge in [-0.1, -0.05) is 20.8 Å². The van der Waals surface area contributed by atoms with Gasteiger partial charge in [0.1, 0.15) is 0 Å². The highest BCUT2D eigenvalue weighted by atomic mass is 15.3. The van der Waals surface area contributed by atoms with E-state index >= 15 is 0 Å². The van der Waals surface area contributed by atoms with E-state index in [0.29, 0.717) is 5.41 Å². The normalized spacial score (nSPS) is 21.4. The molecule has 1 atom stereocenters. The van der Waals surface area contributed by atoms with Crippen molar-refractivity contribution in [3.8, 4) is 0 Å². The Kier molecular flexibility index (Phi) is 2.87. The summed E-state index contributed by atoms with van der Waals surface area (Å²) in [5.41, 5.74) is 3.48. The van der Waals surface area contributed by atoms with E-state index in [2.05, 4.69) is 57.5 Å². The van der Waals surface area contributed by atoms with Crippen LogP contribution in [0, 0.1) is 11.3 Å². The van der Waals surface area contributed by atoms with E-state index in [9.17, 15) is 0 Å². The van der Waals surface area contributed by atoms with Gasteiger partial charge in [-0.15, -0.1) is 0 Å². The summed E-state index contributed by atoms with van der Waals surface area (Å²) in [5.74, 6) is 0.799. The average molecular weight is 234 g/mol. The fourth-order valence-corrected chi connectivity index (χ4v) is 2.84. The average Bonchev–Trinajstić information content (AvgIpc) is 2.57. The van der Waals surface area contributed by atoms with Crippen LogP contribution in [0.2, 0.25) is 0 Å². The molecule has 0 N–H and O–H groups in total. The van der Waals surface area contributed by atoms with E-state index in [-0.39, 0.29) is 5.54 Å². The highest BCUT2D eigenvalue weighted by Gasteiger charge is 2.32. The fourth-order valence-electron chi connectivity index (χ4n) is 2.84. The first kappa shape index (κ1) is 12.7. The first-order chi connectivity index (χ1) is 7.69. The molecule has 0 saturated heterocycles. The minimum absolute atomic E-state index is 0.113. The highest BCUT2D eigenvalue weighted by molar-refractivity contribution is 5.23. The predicted octanol–water partition coefficient (Wildman–Crippen LogP) is 3.79. The molecule has 1 unspecified atom stereocenters. The Balaban J connectivity index is 2.28. The zero-order chi connectivity index (χ0) is 12.8. The molecular weight excluding hydrogens is 208 g/mol. The Morgan fingerprint density at radius 3 is 2.35 bits per heavy atom. The standard InChI is InChI=1S/C15H26N2/c1-14(2,3)12-7-8-13-11(9-12)10-16-17(13)15(4,5)6/h10,12H,7-9H2,1-6H3. The van der Waals surface area contributed by atoms with Crippen LogP contribution >= 0.6 is 0 Å². The van der Waals surface area contributed by atoms with Crippen molar-refractivity contribution in [3.63, 3.8) is 0 Å². The van der Waals surface area contributed by atoms with Crippen molar-refractivity contribution in [2.45, 2.75) is 66.3 Å². The molecule has 1 aliphatic carbocycles. The molecule has 0 aliphatic heterocycles. The highest BCUT2D eigenvalue weighted by Crippen LogP contribution is 2.38. The molecule has 0 fully saturated rings. The third-order valence-corrected chi connectivity index (χ3v) is 4.01. The largest absolute Gasteiger partial charge is 0.264 e. The van der Waals surface area contributed by atoms with Gasteiger partial charge in [0.25, 0.3) is 0 Å². The lowest BCUT2D eigenvalue weighted by atomic mass is 9.72. The monoisotopic (exact) mass is 234 g/mol. The Morgan fingerprint density at radius 2 is 1.82 bits per heavy atom. The van der Waals surface area contributed by atoms with Crippen LogP contribution < -0.4 is 0 Å². The van der Waals surface area contributed by atoms with Crippen LogP contribution in [0.4, 0.5) is 0 Å². The van der Waals surface area contributed by atoms with E-state index in [0.717, 1.165) is 5.92 Å². The van der Waals surface area contributed by atoms with Crippen molar-refractivity contribution in [1.29, 1.82) is 0 Å². The third-order valence-electron chi connectivity index (χ3n) is 4.01. The lowest BCUT2D eigenvalue weighted by Crippen LogP contribution is -2.30. The van der Waals surface area contributed by atoms with Crippen LogP contribution in [0.15, 0.2) is 6.20 Å². The van der Waals surface area contributed by atoms with Crippen LogP contribution in [0.3, 0.4) is 0 Å². The SMILES string of the molecule is CC(C)(C)C1CCc2c(cnn2C(C)(C)C)C1. The molecule has 0 spiro atoms. The first-order valence-electron chi connectivity index (χ1n) is 6.76. The lowest BCUT2D eigenvalue weighted by Gasteiger charge is -2.35. The topological polar surface area (TPSA) is 17.8 Å². The van der Waals surface area contributed by atoms with Crippen LogP contribution in [-0.2, 0) is 18.4 Å². The smallest absolute Gasteiger partial charge is 0.0546 e. The summed E-state index contributed by atoms with van der Waals surface area (Å²) in [7, 11) is 0. The van der Waals surface area contributed by atoms with E-state index in [1.54, 1.807) is 0 Å². The predicted molar refractivity (Wildman–Crippen MR) is 72.2 cm³/mol. The van der Waals surface area contributed by atoms with Gasteiger partial charge in [-0.3, -0.25) is 4.68 Å². The zero-order valence-electron chi connectivity index (χ0n) is 12.2. The van der Waals surface area contributed by atoms with Gasteiger partial charge in [-0.05, 0) is 56.9 Å². The molecule has 0 amide bonds. The van der Waals surface area contributed by atoms with Gasteiger partial charge in [0.2, 0.25) is 0 Å². The summed E-state index contributed by atoms with van der Waals surface area (Å²) in [6, 6.07) is 0. The minimum Gasteiger partial charge on any atom is -0.264 e. The second kappa shape index (κ2) is 3.86. The van der Waals surface area contributed by atoms with Crippen LogP contribution in [0.5, 0.6) is 0 Å². The molecule has 2 heteroatoms. The molecule has 1 heterocycles. The van der Waals surface area contributed by atoms with Crippen molar-refractivity contribution in [2.24, 2.45) is 11.3 Å². The first-order valence-corrected chi connectivity index (χ1v) is 6.76. The van der Waals surface area contributed by atoms with Crippen LogP contribution in [0.25, 0.3) is 0 Å². The van der Waals surface area contributed by atoms with Crippen molar-refractivity contribution < 1.29 is 0 Å². The number of rotatable bonds is 0. The van der Waals surface area contributed by atoms with Crippen LogP contribution in [-0.4, -0.2) is 9.78 Å². The summed E-state index contributed by atoms with van der Waals surface area (Å²) >= 11 is 0. The summed E-state index contributed by atoms with van der Waals surface area (Å²) in [4.78, 5) is 0. The number of nitrogens with zero attached hydrogens (tertiary/aromatic N) is 2. The Bertz CT molecular complexity index is 402. The Labute approximate surface area is 105 Å². The van der Waals surface area contributed by atoms with E-state index in [1.807, 2.05) is 0 Å². The molecule has 0 saturated carbocycles. The van der Waals surface area contributed by atoms with Crippen LogP contribution in [0.1, 0.15) is 59.2 Å². The minimum atomic E-state index is 0.113. The van der Waals surface area contributed by atoms with Gasteiger partial charge < -0.3 is 0 Å². The van der Waals surface area contributed by atoms with Gasteiger partial charge >= 0.3 is 0 Å². The van der Waals surface area contributed by atoms with Crippen molar-refractivity contribution in [3.05, 3.63) is 17.5 Å². The molecule has 2 nitrogen and oxygen atoms in total. The summed E-state index contributed by atoms with van der Waals surface area (Å²) in [5, 5.41) is 4.60. The number of aromatic nitrogens is 2. The van der Waals surface area contributed by atoms with E-state index in [4.69, 9.17) is 0 Å². The molecule has 1 aromatic rings. The van der Waals surface area contributed by atoms with Gasteiger partial charge in [0.05, 0.1) is 11.7 Å². The summed E-state index contributed by atoms with van der Waals surface area (Å²) in [6.45, 7) is 13.8. The molecule has 1 aromatic heterocycles. The van der Waals surface area contributed by atoms with Crippen molar-refractivity contribution in [1.82, 2.24) is 9.78 Å². The van der Waals surface area contributed by atoms with Gasteiger partial charge in [0, 0.05) is 5.69 Å². The molecule has 1 aliphatic rings. The lowest BCUT2D eigenvalue weighted by molar-refractivity contribution is 0.211. The second-order valence-electron chi connectivity index (χ2n) is 7.50. The molecular formula is C15H26N2. The quantitative estimate of drug-likeness (QED) is 0.668. The third kappa shape index (κ3) is 2.41. The molecule has 17 heavy (non-hydrogen) atoms. The summed E-state index contributed by atoms with van der Waals surface area (Å²) in [6.07, 6.45) is 5.79. The van der Waals surface area contributed by atoms with E-state index in [1.165, 1.54) is 30.5 Å². The molecule has 0 aromatic carbocycles. The maximum atomic E-state index is 4.60. The molecule has 0 bridgehead atoms. The second-order valence-corrected chi connectivity index (χ2v) is 7.50.